The summed E-state index contributed by atoms with van der Waals surface area (Å²) in [7, 11) is -3.79. The summed E-state index contributed by atoms with van der Waals surface area (Å²) in [5.74, 6) is -1.39. The van der Waals surface area contributed by atoms with E-state index in [1.165, 1.54) is 6.92 Å². The van der Waals surface area contributed by atoms with E-state index < -0.39 is 32.3 Å². The van der Waals surface area contributed by atoms with Crippen LogP contribution in [0.5, 0.6) is 0 Å². The molecule has 2 fully saturated rings. The van der Waals surface area contributed by atoms with Gasteiger partial charge in [0.2, 0.25) is 15.9 Å². The van der Waals surface area contributed by atoms with Gasteiger partial charge in [-0.05, 0) is 71.6 Å². The van der Waals surface area contributed by atoms with Crippen molar-refractivity contribution in [2.45, 2.75) is 107 Å². The first-order chi connectivity index (χ1) is 16.5. The SMILES string of the molecule is CC(=O)C(N)CCCCCC=CC1CC1(NC(=O)C1C=CCCCC1)C(=O)NS(=O)(=O)C1(C)CC1. The second-order valence-electron chi connectivity index (χ2n) is 10.8. The van der Waals surface area contributed by atoms with E-state index in [1.54, 1.807) is 6.92 Å². The number of hydrogen-bond donors (Lipinski definition) is 3. The Labute approximate surface area is 209 Å². The summed E-state index contributed by atoms with van der Waals surface area (Å²) in [4.78, 5) is 37.5. The van der Waals surface area contributed by atoms with Crippen molar-refractivity contribution >= 4 is 27.6 Å². The van der Waals surface area contributed by atoms with Gasteiger partial charge in [0, 0.05) is 5.92 Å². The number of sulfonamides is 1. The third kappa shape index (κ3) is 7.03. The first-order valence-electron chi connectivity index (χ1n) is 13.0. The minimum Gasteiger partial charge on any atom is -0.341 e. The monoisotopic (exact) mass is 507 g/mol. The Kier molecular flexibility index (Phi) is 8.96. The van der Waals surface area contributed by atoms with Gasteiger partial charge >= 0.3 is 0 Å². The molecule has 0 radical (unpaired) electrons. The third-order valence-corrected chi connectivity index (χ3v) is 9.87. The van der Waals surface area contributed by atoms with Gasteiger partial charge in [-0.2, -0.15) is 0 Å². The molecule has 196 valence electrons. The number of carbonyl (C=O) groups is 3. The van der Waals surface area contributed by atoms with E-state index in [0.717, 1.165) is 51.4 Å². The molecule has 4 atom stereocenters. The van der Waals surface area contributed by atoms with Crippen LogP contribution >= 0.6 is 0 Å². The zero-order chi connectivity index (χ0) is 25.7. The summed E-state index contributed by atoms with van der Waals surface area (Å²) in [6, 6.07) is -0.391. The van der Waals surface area contributed by atoms with Crippen LogP contribution in [0, 0.1) is 11.8 Å². The molecule has 0 heterocycles. The van der Waals surface area contributed by atoms with Gasteiger partial charge in [0.15, 0.2) is 0 Å². The van der Waals surface area contributed by atoms with Crippen molar-refractivity contribution < 1.29 is 22.8 Å². The fraction of sp³-hybridized carbons (Fsp3) is 0.731. The van der Waals surface area contributed by atoms with Crippen LogP contribution < -0.4 is 15.8 Å². The molecule has 2 saturated carbocycles. The molecule has 3 rings (SSSR count). The lowest BCUT2D eigenvalue weighted by molar-refractivity contribution is -0.130. The molecule has 0 bridgehead atoms. The number of hydrogen-bond acceptors (Lipinski definition) is 6. The molecular weight excluding hydrogens is 466 g/mol. The molecule has 4 unspecified atom stereocenters. The number of amides is 2. The van der Waals surface area contributed by atoms with Gasteiger partial charge in [-0.15, -0.1) is 0 Å². The number of nitrogens with one attached hydrogen (secondary N) is 2. The fourth-order valence-electron chi connectivity index (χ4n) is 4.54. The van der Waals surface area contributed by atoms with Crippen LogP contribution in [0.4, 0.5) is 0 Å². The first-order valence-corrected chi connectivity index (χ1v) is 14.5. The Morgan fingerprint density at radius 2 is 1.91 bits per heavy atom. The highest BCUT2D eigenvalue weighted by atomic mass is 32.2. The lowest BCUT2D eigenvalue weighted by Crippen LogP contribution is -2.54. The van der Waals surface area contributed by atoms with Gasteiger partial charge in [-0.1, -0.05) is 43.6 Å². The van der Waals surface area contributed by atoms with E-state index in [2.05, 4.69) is 10.0 Å². The van der Waals surface area contributed by atoms with Gasteiger partial charge in [0.25, 0.3) is 5.91 Å². The molecular formula is C26H41N3O5S. The Morgan fingerprint density at radius 3 is 2.60 bits per heavy atom. The van der Waals surface area contributed by atoms with Gasteiger partial charge in [0.05, 0.1) is 16.7 Å². The minimum atomic E-state index is -3.79. The molecule has 35 heavy (non-hydrogen) atoms. The molecule has 0 aromatic carbocycles. The number of ketones is 1. The summed E-state index contributed by atoms with van der Waals surface area (Å²) >= 11 is 0. The number of allylic oxidation sites excluding steroid dienone is 2. The van der Waals surface area contributed by atoms with Crippen LogP contribution in [0.1, 0.15) is 90.9 Å². The van der Waals surface area contributed by atoms with Crippen LogP contribution in [-0.4, -0.2) is 42.3 Å². The van der Waals surface area contributed by atoms with Crippen molar-refractivity contribution in [2.24, 2.45) is 17.6 Å². The van der Waals surface area contributed by atoms with Crippen molar-refractivity contribution in [2.75, 3.05) is 0 Å². The number of rotatable bonds is 13. The minimum absolute atomic E-state index is 0.00678. The predicted octanol–water partition coefficient (Wildman–Crippen LogP) is 3.03. The van der Waals surface area contributed by atoms with E-state index in [9.17, 15) is 22.8 Å². The third-order valence-electron chi connectivity index (χ3n) is 7.71. The highest BCUT2D eigenvalue weighted by molar-refractivity contribution is 7.91. The summed E-state index contributed by atoms with van der Waals surface area (Å²) in [5.41, 5.74) is 4.54. The standard InChI is InChI=1S/C26H41N3O5S/c1-19(30)22(27)15-11-5-3-4-10-14-21-18-26(21,24(32)29-35(33,34)25(2)16-17-25)28-23(31)20-12-8-6-7-9-13-20/h8,10,12,14,20-22H,3-7,9,11,13,15-18,27H2,1-2H3,(H,28,31)(H,29,32). The Hall–Kier alpha value is -2.00. The van der Waals surface area contributed by atoms with Crippen LogP contribution in [0.25, 0.3) is 0 Å². The average molecular weight is 508 g/mol. The molecule has 0 spiro atoms. The zero-order valence-corrected chi connectivity index (χ0v) is 21.9. The number of unbranched alkanes of at least 4 members (excludes halogenated alkanes) is 3. The van der Waals surface area contributed by atoms with E-state index >= 15 is 0 Å². The van der Waals surface area contributed by atoms with Crippen LogP contribution in [0.15, 0.2) is 24.3 Å². The van der Waals surface area contributed by atoms with E-state index in [-0.39, 0.29) is 23.5 Å². The summed E-state index contributed by atoms with van der Waals surface area (Å²) in [5, 5.41) is 2.93. The summed E-state index contributed by atoms with van der Waals surface area (Å²) in [6.07, 6.45) is 17.2. The quantitative estimate of drug-likeness (QED) is 0.259. The first kappa shape index (κ1) is 27.6. The Bertz CT molecular complexity index is 969. The molecule has 0 aliphatic heterocycles. The smallest absolute Gasteiger partial charge is 0.259 e. The lowest BCUT2D eigenvalue weighted by Gasteiger charge is -2.22. The molecule has 3 aliphatic carbocycles. The van der Waals surface area contributed by atoms with Gasteiger partial charge in [-0.25, -0.2) is 8.42 Å². The number of carbonyl (C=O) groups excluding carboxylic acids is 3. The molecule has 4 N–H and O–H groups in total. The number of Topliss-reactive ketones (excluding diaryl/α,β-unsaturated/α-hetero) is 1. The average Bonchev–Trinajstić information content (AvgIpc) is 3.69. The molecule has 0 aromatic rings. The maximum atomic E-state index is 13.2. The van der Waals surface area contributed by atoms with Crippen molar-refractivity contribution in [3.8, 4) is 0 Å². The second kappa shape index (κ2) is 11.4. The maximum absolute atomic E-state index is 13.2. The van der Waals surface area contributed by atoms with Crippen LogP contribution in [0.2, 0.25) is 0 Å². The van der Waals surface area contributed by atoms with Crippen molar-refractivity contribution in [1.82, 2.24) is 10.0 Å². The number of nitrogens with two attached hydrogens (primary N) is 1. The van der Waals surface area contributed by atoms with Crippen molar-refractivity contribution in [1.29, 1.82) is 0 Å². The van der Waals surface area contributed by atoms with E-state index in [1.807, 2.05) is 24.3 Å². The summed E-state index contributed by atoms with van der Waals surface area (Å²) < 4.78 is 26.7. The lowest BCUT2D eigenvalue weighted by atomic mass is 10.0. The zero-order valence-electron chi connectivity index (χ0n) is 21.1. The molecule has 0 aromatic heterocycles. The van der Waals surface area contributed by atoms with Gasteiger partial charge in [-0.3, -0.25) is 19.1 Å². The molecule has 0 saturated heterocycles. The molecule has 2 amide bonds. The predicted molar refractivity (Wildman–Crippen MR) is 136 cm³/mol. The van der Waals surface area contributed by atoms with E-state index in [0.29, 0.717) is 25.7 Å². The maximum Gasteiger partial charge on any atom is 0.259 e. The van der Waals surface area contributed by atoms with E-state index in [4.69, 9.17) is 5.73 Å². The van der Waals surface area contributed by atoms with Crippen molar-refractivity contribution in [3.05, 3.63) is 24.3 Å². The Morgan fingerprint density at radius 1 is 1.17 bits per heavy atom. The van der Waals surface area contributed by atoms with Crippen molar-refractivity contribution in [3.63, 3.8) is 0 Å². The normalized spacial score (nSPS) is 28.2. The fourth-order valence-corrected chi connectivity index (χ4v) is 5.86. The topological polar surface area (TPSA) is 135 Å². The summed E-state index contributed by atoms with van der Waals surface area (Å²) in [6.45, 7) is 3.14. The highest BCUT2D eigenvalue weighted by Gasteiger charge is 2.62. The second-order valence-corrected chi connectivity index (χ2v) is 13.0. The van der Waals surface area contributed by atoms with Crippen LogP contribution in [0.3, 0.4) is 0 Å². The molecule has 8 nitrogen and oxygen atoms in total. The largest absolute Gasteiger partial charge is 0.341 e. The molecule has 3 aliphatic rings. The Balaban J connectivity index is 1.59. The highest BCUT2D eigenvalue weighted by Crippen LogP contribution is 2.47. The molecule has 9 heteroatoms. The van der Waals surface area contributed by atoms with Crippen LogP contribution in [-0.2, 0) is 24.4 Å². The van der Waals surface area contributed by atoms with Gasteiger partial charge < -0.3 is 11.1 Å². The van der Waals surface area contributed by atoms with Gasteiger partial charge in [0.1, 0.15) is 11.3 Å².